The minimum absolute atomic E-state index is 0.00523. The minimum atomic E-state index is -0.562. The molecule has 17 heavy (non-hydrogen) atoms. The van der Waals surface area contributed by atoms with E-state index < -0.39 is 5.54 Å². The number of carbonyl (C=O) groups excluding carboxylic acids is 2. The molecule has 2 bridgehead atoms. The Morgan fingerprint density at radius 2 is 1.88 bits per heavy atom. The summed E-state index contributed by atoms with van der Waals surface area (Å²) >= 11 is 0. The van der Waals surface area contributed by atoms with Gasteiger partial charge in [0, 0.05) is 11.6 Å². The second kappa shape index (κ2) is 3.32. The molecule has 4 heteroatoms. The second-order valence-electron chi connectivity index (χ2n) is 5.00. The molecule has 3 aliphatic rings. The van der Waals surface area contributed by atoms with Crippen LogP contribution in [0.2, 0.25) is 0 Å². The van der Waals surface area contributed by atoms with Crippen LogP contribution in [0.3, 0.4) is 0 Å². The van der Waals surface area contributed by atoms with E-state index in [9.17, 15) is 9.59 Å². The number of nitrogens with one attached hydrogen (secondary N) is 2. The van der Waals surface area contributed by atoms with E-state index in [0.717, 1.165) is 5.69 Å². The fourth-order valence-corrected chi connectivity index (χ4v) is 2.56. The highest BCUT2D eigenvalue weighted by Crippen LogP contribution is 2.43. The van der Waals surface area contributed by atoms with Crippen molar-refractivity contribution < 1.29 is 9.59 Å². The van der Waals surface area contributed by atoms with Gasteiger partial charge in [0.15, 0.2) is 0 Å². The number of imide groups is 1. The molecule has 4 nitrogen and oxygen atoms in total. The van der Waals surface area contributed by atoms with Crippen LogP contribution >= 0.6 is 0 Å². The summed E-state index contributed by atoms with van der Waals surface area (Å²) < 4.78 is 0. The van der Waals surface area contributed by atoms with Gasteiger partial charge in [-0.3, -0.25) is 14.9 Å². The number of anilines is 1. The maximum atomic E-state index is 11.8. The van der Waals surface area contributed by atoms with Crippen molar-refractivity contribution in [1.82, 2.24) is 5.32 Å². The van der Waals surface area contributed by atoms with Gasteiger partial charge >= 0.3 is 0 Å². The van der Waals surface area contributed by atoms with Crippen molar-refractivity contribution >= 4 is 17.5 Å². The fourth-order valence-electron chi connectivity index (χ4n) is 2.56. The Bertz CT molecular complexity index is 487. The van der Waals surface area contributed by atoms with Crippen molar-refractivity contribution in [3.8, 4) is 0 Å². The zero-order chi connectivity index (χ0) is 12.0. The topological polar surface area (TPSA) is 58.2 Å². The van der Waals surface area contributed by atoms with E-state index in [0.29, 0.717) is 12.8 Å². The molecule has 0 radical (unpaired) electrons. The lowest BCUT2D eigenvalue weighted by Crippen LogP contribution is -2.69. The number of benzene rings is 1. The summed E-state index contributed by atoms with van der Waals surface area (Å²) in [4.78, 5) is 23.2. The Balaban J connectivity index is 1.80. The molecule has 1 aliphatic carbocycles. The summed E-state index contributed by atoms with van der Waals surface area (Å²) in [5.41, 5.74) is 1.55. The van der Waals surface area contributed by atoms with Crippen molar-refractivity contribution in [2.24, 2.45) is 5.92 Å². The van der Waals surface area contributed by atoms with Gasteiger partial charge in [0.2, 0.25) is 5.91 Å². The van der Waals surface area contributed by atoms with Crippen molar-refractivity contribution in [3.63, 3.8) is 0 Å². The molecule has 1 aromatic carbocycles. The molecule has 0 spiro atoms. The van der Waals surface area contributed by atoms with E-state index >= 15 is 0 Å². The molecular formula is C13H14N2O2. The normalized spacial score (nSPS) is 30.5. The number of hydrogen-bond acceptors (Lipinski definition) is 3. The van der Waals surface area contributed by atoms with Crippen LogP contribution in [-0.2, 0) is 9.59 Å². The van der Waals surface area contributed by atoms with Gasteiger partial charge in [-0.2, -0.15) is 0 Å². The third-order valence-corrected chi connectivity index (χ3v) is 3.67. The predicted molar refractivity (Wildman–Crippen MR) is 63.4 cm³/mol. The first kappa shape index (κ1) is 10.3. The Labute approximate surface area is 99.4 Å². The van der Waals surface area contributed by atoms with E-state index in [4.69, 9.17) is 0 Å². The molecular weight excluding hydrogens is 216 g/mol. The second-order valence-corrected chi connectivity index (χ2v) is 5.00. The molecule has 2 aliphatic heterocycles. The van der Waals surface area contributed by atoms with Crippen molar-refractivity contribution in [1.29, 1.82) is 0 Å². The summed E-state index contributed by atoms with van der Waals surface area (Å²) in [5.74, 6) is -0.307. The lowest BCUT2D eigenvalue weighted by molar-refractivity contribution is -0.148. The highest BCUT2D eigenvalue weighted by atomic mass is 16.2. The van der Waals surface area contributed by atoms with Crippen molar-refractivity contribution in [2.75, 3.05) is 5.32 Å². The quantitative estimate of drug-likeness (QED) is 0.751. The molecule has 1 aromatic rings. The molecule has 88 valence electrons. The number of hydrogen-bond donors (Lipinski definition) is 2. The Morgan fingerprint density at radius 1 is 1.24 bits per heavy atom. The smallest absolute Gasteiger partial charge is 0.252 e. The van der Waals surface area contributed by atoms with E-state index in [1.165, 1.54) is 5.56 Å². The molecule has 0 unspecified atom stereocenters. The van der Waals surface area contributed by atoms with E-state index in [2.05, 4.69) is 10.6 Å². The molecule has 0 atom stereocenters. The maximum Gasteiger partial charge on any atom is 0.252 e. The van der Waals surface area contributed by atoms with Gasteiger partial charge in [-0.25, -0.2) is 0 Å². The number of aryl methyl sites for hydroxylation is 1. The largest absolute Gasteiger partial charge is 0.371 e. The van der Waals surface area contributed by atoms with Crippen LogP contribution in [0.1, 0.15) is 18.4 Å². The third kappa shape index (κ3) is 1.52. The summed E-state index contributed by atoms with van der Waals surface area (Å²) in [6.45, 7) is 2.02. The Morgan fingerprint density at radius 3 is 2.47 bits per heavy atom. The minimum Gasteiger partial charge on any atom is -0.371 e. The number of carbonyl (C=O) groups is 2. The first-order valence-electron chi connectivity index (χ1n) is 5.79. The lowest BCUT2D eigenvalue weighted by Gasteiger charge is -2.50. The van der Waals surface area contributed by atoms with Crippen LogP contribution in [0.5, 0.6) is 0 Å². The molecule has 1 saturated carbocycles. The molecule has 2 saturated heterocycles. The lowest BCUT2D eigenvalue weighted by atomic mass is 9.64. The van der Waals surface area contributed by atoms with Crippen LogP contribution < -0.4 is 10.6 Å². The standard InChI is InChI=1S/C13H14N2O2/c1-8-2-4-10(5-3-8)15-13-6-9(7-13)11(16)14-12(13)17/h2-5,9,15H,6-7H2,1H3,(H,14,16,17). The Hall–Kier alpha value is -1.84. The monoisotopic (exact) mass is 230 g/mol. The average molecular weight is 230 g/mol. The molecule has 0 aromatic heterocycles. The van der Waals surface area contributed by atoms with Gasteiger partial charge in [0.1, 0.15) is 5.54 Å². The van der Waals surface area contributed by atoms with E-state index in [1.807, 2.05) is 31.2 Å². The molecule has 2 amide bonds. The van der Waals surface area contributed by atoms with Crippen LogP contribution in [0, 0.1) is 12.8 Å². The van der Waals surface area contributed by atoms with Gasteiger partial charge in [-0.05, 0) is 31.9 Å². The van der Waals surface area contributed by atoms with Gasteiger partial charge < -0.3 is 5.32 Å². The summed E-state index contributed by atoms with van der Waals surface area (Å²) in [5, 5.41) is 5.67. The van der Waals surface area contributed by atoms with Crippen LogP contribution in [-0.4, -0.2) is 17.4 Å². The highest BCUT2D eigenvalue weighted by molar-refractivity contribution is 6.08. The Kier molecular flexibility index (Phi) is 2.02. The molecule has 2 heterocycles. The molecule has 4 rings (SSSR count). The van der Waals surface area contributed by atoms with Crippen LogP contribution in [0.25, 0.3) is 0 Å². The predicted octanol–water partition coefficient (Wildman–Crippen LogP) is 1.21. The fraction of sp³-hybridized carbons (Fsp3) is 0.385. The number of rotatable bonds is 2. The van der Waals surface area contributed by atoms with Crippen LogP contribution in [0.15, 0.2) is 24.3 Å². The average Bonchev–Trinajstić information content (AvgIpc) is 2.23. The third-order valence-electron chi connectivity index (χ3n) is 3.67. The van der Waals surface area contributed by atoms with Gasteiger partial charge in [0.25, 0.3) is 5.91 Å². The van der Waals surface area contributed by atoms with Gasteiger partial charge in [0.05, 0.1) is 0 Å². The van der Waals surface area contributed by atoms with E-state index in [-0.39, 0.29) is 17.7 Å². The zero-order valence-corrected chi connectivity index (χ0v) is 9.62. The number of fused-ring (bicyclic) bond motifs is 2. The summed E-state index contributed by atoms with van der Waals surface area (Å²) in [6.07, 6.45) is 1.23. The zero-order valence-electron chi connectivity index (χ0n) is 9.62. The maximum absolute atomic E-state index is 11.8. The number of piperidine rings is 2. The van der Waals surface area contributed by atoms with Gasteiger partial charge in [-0.15, -0.1) is 0 Å². The SMILES string of the molecule is Cc1ccc(NC23CC(C2)C(=O)NC3=O)cc1. The van der Waals surface area contributed by atoms with Crippen molar-refractivity contribution in [2.45, 2.75) is 25.3 Å². The first-order chi connectivity index (χ1) is 8.09. The number of amides is 2. The summed E-state index contributed by atoms with van der Waals surface area (Å²) in [7, 11) is 0. The van der Waals surface area contributed by atoms with Crippen molar-refractivity contribution in [3.05, 3.63) is 29.8 Å². The van der Waals surface area contributed by atoms with E-state index in [1.54, 1.807) is 0 Å². The molecule has 2 N–H and O–H groups in total. The first-order valence-corrected chi connectivity index (χ1v) is 5.79. The summed E-state index contributed by atoms with van der Waals surface area (Å²) in [6, 6.07) is 7.92. The highest BCUT2D eigenvalue weighted by Gasteiger charge is 2.57. The molecule has 3 fully saturated rings. The van der Waals surface area contributed by atoms with Gasteiger partial charge in [-0.1, -0.05) is 17.7 Å². The van der Waals surface area contributed by atoms with Crippen LogP contribution in [0.4, 0.5) is 5.69 Å².